The minimum atomic E-state index is -0.529. The van der Waals surface area contributed by atoms with Gasteiger partial charge < -0.3 is 10.3 Å². The SMILES string of the molecule is O=C(Nc1ccccc1Br)c1cnc(-c2ccc(Cl)cc2)[nH]c1=O. The second-order valence-corrected chi connectivity index (χ2v) is 6.21. The third kappa shape index (κ3) is 3.55. The summed E-state index contributed by atoms with van der Waals surface area (Å²) in [4.78, 5) is 31.2. The Bertz CT molecular complexity index is 955. The number of anilines is 1. The second-order valence-electron chi connectivity index (χ2n) is 4.92. The average Bonchev–Trinajstić information content (AvgIpc) is 2.57. The molecule has 0 bridgehead atoms. The summed E-state index contributed by atoms with van der Waals surface area (Å²) in [5, 5.41) is 3.26. The van der Waals surface area contributed by atoms with Gasteiger partial charge in [0.25, 0.3) is 11.5 Å². The maximum atomic E-state index is 12.3. The van der Waals surface area contributed by atoms with E-state index in [4.69, 9.17) is 11.6 Å². The van der Waals surface area contributed by atoms with Crippen LogP contribution in [0.5, 0.6) is 0 Å². The number of benzene rings is 2. The number of carbonyl (C=O) groups is 1. The predicted octanol–water partition coefficient (Wildman–Crippen LogP) is 4.11. The minimum Gasteiger partial charge on any atom is -0.321 e. The highest BCUT2D eigenvalue weighted by Crippen LogP contribution is 2.21. The summed E-state index contributed by atoms with van der Waals surface area (Å²) in [6.07, 6.45) is 1.26. The van der Waals surface area contributed by atoms with Crippen molar-refractivity contribution in [2.45, 2.75) is 0 Å². The third-order valence-corrected chi connectivity index (χ3v) is 4.23. The molecule has 0 spiro atoms. The predicted molar refractivity (Wildman–Crippen MR) is 97.4 cm³/mol. The molecule has 7 heteroatoms. The molecule has 1 aromatic heterocycles. The maximum Gasteiger partial charge on any atom is 0.264 e. The van der Waals surface area contributed by atoms with Crippen molar-refractivity contribution in [2.24, 2.45) is 0 Å². The number of nitrogens with zero attached hydrogens (tertiary/aromatic N) is 1. The smallest absolute Gasteiger partial charge is 0.264 e. The Morgan fingerprint density at radius 1 is 1.12 bits per heavy atom. The van der Waals surface area contributed by atoms with Gasteiger partial charge in [0.15, 0.2) is 0 Å². The van der Waals surface area contributed by atoms with Gasteiger partial charge in [-0.1, -0.05) is 23.7 Å². The molecule has 1 heterocycles. The zero-order valence-electron chi connectivity index (χ0n) is 12.2. The summed E-state index contributed by atoms with van der Waals surface area (Å²) >= 11 is 9.17. The second kappa shape index (κ2) is 6.98. The number of hydrogen-bond donors (Lipinski definition) is 2. The fourth-order valence-electron chi connectivity index (χ4n) is 2.06. The molecule has 0 saturated carbocycles. The van der Waals surface area contributed by atoms with E-state index in [1.807, 2.05) is 6.07 Å². The fraction of sp³-hybridized carbons (Fsp3) is 0. The molecule has 1 amide bonds. The highest BCUT2D eigenvalue weighted by Gasteiger charge is 2.14. The van der Waals surface area contributed by atoms with Crippen LogP contribution in [-0.4, -0.2) is 15.9 Å². The summed E-state index contributed by atoms with van der Waals surface area (Å²) in [5.74, 6) is -0.160. The number of amides is 1. The summed E-state index contributed by atoms with van der Waals surface area (Å²) < 4.78 is 0.723. The number of H-pyrrole nitrogens is 1. The van der Waals surface area contributed by atoms with Gasteiger partial charge >= 0.3 is 0 Å². The van der Waals surface area contributed by atoms with Crippen LogP contribution in [0.3, 0.4) is 0 Å². The Morgan fingerprint density at radius 2 is 1.83 bits per heavy atom. The fourth-order valence-corrected chi connectivity index (χ4v) is 2.57. The molecule has 24 heavy (non-hydrogen) atoms. The molecule has 3 aromatic rings. The molecule has 0 atom stereocenters. The molecule has 0 saturated heterocycles. The molecule has 0 aliphatic carbocycles. The van der Waals surface area contributed by atoms with Gasteiger partial charge in [0.2, 0.25) is 0 Å². The van der Waals surface area contributed by atoms with Crippen molar-refractivity contribution >= 4 is 39.1 Å². The van der Waals surface area contributed by atoms with Crippen molar-refractivity contribution in [1.29, 1.82) is 0 Å². The lowest BCUT2D eigenvalue weighted by Gasteiger charge is -2.07. The Balaban J connectivity index is 1.87. The number of aromatic nitrogens is 2. The molecule has 5 nitrogen and oxygen atoms in total. The zero-order chi connectivity index (χ0) is 17.1. The number of para-hydroxylation sites is 1. The number of hydrogen-bond acceptors (Lipinski definition) is 3. The molecule has 2 aromatic carbocycles. The van der Waals surface area contributed by atoms with Crippen LogP contribution in [0, 0.1) is 0 Å². The van der Waals surface area contributed by atoms with Crippen molar-refractivity contribution in [3.8, 4) is 11.4 Å². The maximum absolute atomic E-state index is 12.3. The normalized spacial score (nSPS) is 10.4. The first-order valence-corrected chi connectivity index (χ1v) is 8.13. The minimum absolute atomic E-state index is 0.0662. The van der Waals surface area contributed by atoms with Crippen molar-refractivity contribution < 1.29 is 4.79 Å². The molecule has 0 aliphatic heterocycles. The average molecular weight is 405 g/mol. The third-order valence-electron chi connectivity index (χ3n) is 3.28. The van der Waals surface area contributed by atoms with E-state index in [0.717, 1.165) is 4.47 Å². The van der Waals surface area contributed by atoms with E-state index in [9.17, 15) is 9.59 Å². The van der Waals surface area contributed by atoms with E-state index in [1.54, 1.807) is 42.5 Å². The van der Waals surface area contributed by atoms with Crippen LogP contribution >= 0.6 is 27.5 Å². The Hall–Kier alpha value is -2.44. The quantitative estimate of drug-likeness (QED) is 0.690. The van der Waals surface area contributed by atoms with Crippen LogP contribution in [0.2, 0.25) is 5.02 Å². The van der Waals surface area contributed by atoms with Gasteiger partial charge in [-0.3, -0.25) is 9.59 Å². The number of aromatic amines is 1. The van der Waals surface area contributed by atoms with Crippen LogP contribution < -0.4 is 10.9 Å². The zero-order valence-corrected chi connectivity index (χ0v) is 14.6. The van der Waals surface area contributed by atoms with Crippen molar-refractivity contribution in [2.75, 3.05) is 5.32 Å². The van der Waals surface area contributed by atoms with Gasteiger partial charge in [-0.15, -0.1) is 0 Å². The van der Waals surface area contributed by atoms with Gasteiger partial charge in [-0.05, 0) is 52.3 Å². The Morgan fingerprint density at radius 3 is 2.50 bits per heavy atom. The lowest BCUT2D eigenvalue weighted by atomic mass is 10.2. The van der Waals surface area contributed by atoms with Gasteiger partial charge in [0.1, 0.15) is 11.4 Å². The van der Waals surface area contributed by atoms with Crippen LogP contribution in [0.25, 0.3) is 11.4 Å². The molecule has 120 valence electrons. The first-order valence-electron chi connectivity index (χ1n) is 6.96. The highest BCUT2D eigenvalue weighted by molar-refractivity contribution is 9.10. The van der Waals surface area contributed by atoms with E-state index in [2.05, 4.69) is 31.2 Å². The van der Waals surface area contributed by atoms with Gasteiger partial charge in [-0.25, -0.2) is 4.98 Å². The Kier molecular flexibility index (Phi) is 4.78. The highest BCUT2D eigenvalue weighted by atomic mass is 79.9. The number of carbonyl (C=O) groups excluding carboxylic acids is 1. The van der Waals surface area contributed by atoms with Crippen LogP contribution in [-0.2, 0) is 0 Å². The molecule has 3 rings (SSSR count). The number of nitrogens with one attached hydrogen (secondary N) is 2. The van der Waals surface area contributed by atoms with Crippen molar-refractivity contribution in [3.63, 3.8) is 0 Å². The molecule has 2 N–H and O–H groups in total. The van der Waals surface area contributed by atoms with E-state index in [1.165, 1.54) is 6.20 Å². The van der Waals surface area contributed by atoms with Crippen LogP contribution in [0.1, 0.15) is 10.4 Å². The summed E-state index contributed by atoms with van der Waals surface area (Å²) in [7, 11) is 0. The van der Waals surface area contributed by atoms with E-state index < -0.39 is 11.5 Å². The van der Waals surface area contributed by atoms with E-state index >= 15 is 0 Å². The van der Waals surface area contributed by atoms with Gasteiger partial charge in [0, 0.05) is 21.3 Å². The summed E-state index contributed by atoms with van der Waals surface area (Å²) in [6.45, 7) is 0. The molecule has 0 radical (unpaired) electrons. The van der Waals surface area contributed by atoms with Gasteiger partial charge in [0.05, 0.1) is 5.69 Å². The largest absolute Gasteiger partial charge is 0.321 e. The van der Waals surface area contributed by atoms with Crippen molar-refractivity contribution in [1.82, 2.24) is 9.97 Å². The molecule has 0 fully saturated rings. The lowest BCUT2D eigenvalue weighted by molar-refractivity contribution is 0.102. The molecular formula is C17H11BrClN3O2. The van der Waals surface area contributed by atoms with E-state index in [-0.39, 0.29) is 5.56 Å². The van der Waals surface area contributed by atoms with Crippen molar-refractivity contribution in [3.05, 3.63) is 80.1 Å². The standard InChI is InChI=1S/C17H11BrClN3O2/c18-13-3-1-2-4-14(13)21-16(23)12-9-20-15(22-17(12)24)10-5-7-11(19)8-6-10/h1-9H,(H,21,23)(H,20,22,24). The first-order chi connectivity index (χ1) is 11.5. The van der Waals surface area contributed by atoms with Crippen LogP contribution in [0.4, 0.5) is 5.69 Å². The number of halogens is 2. The monoisotopic (exact) mass is 403 g/mol. The van der Waals surface area contributed by atoms with Crippen LogP contribution in [0.15, 0.2) is 64.0 Å². The Labute approximate surface area is 150 Å². The van der Waals surface area contributed by atoms with Gasteiger partial charge in [-0.2, -0.15) is 0 Å². The molecule has 0 unspecified atom stereocenters. The number of rotatable bonds is 3. The summed E-state index contributed by atoms with van der Waals surface area (Å²) in [6, 6.07) is 14.0. The molecule has 0 aliphatic rings. The molecular weight excluding hydrogens is 394 g/mol. The van der Waals surface area contributed by atoms with E-state index in [0.29, 0.717) is 22.1 Å². The topological polar surface area (TPSA) is 74.8 Å². The first kappa shape index (κ1) is 16.4. The lowest BCUT2D eigenvalue weighted by Crippen LogP contribution is -2.24. The summed E-state index contributed by atoms with van der Waals surface area (Å²) in [5.41, 5.74) is 0.695.